The molecule has 0 saturated carbocycles. The molecule has 0 saturated heterocycles. The molecule has 1 heterocycles. The quantitative estimate of drug-likeness (QED) is 0.877. The zero-order valence-electron chi connectivity index (χ0n) is 13.6. The largest absolute Gasteiger partial charge is 0.388 e. The van der Waals surface area contributed by atoms with Crippen LogP contribution in [0.5, 0.6) is 0 Å². The van der Waals surface area contributed by atoms with Gasteiger partial charge in [-0.15, -0.1) is 0 Å². The number of hydrogen-bond donors (Lipinski definition) is 1. The molecular weight excluding hydrogens is 260 g/mol. The Hall–Kier alpha value is -1.61. The van der Waals surface area contributed by atoms with E-state index in [9.17, 15) is 5.11 Å². The molecule has 1 aromatic heterocycles. The summed E-state index contributed by atoms with van der Waals surface area (Å²) in [4.78, 5) is 0. The van der Waals surface area contributed by atoms with Crippen LogP contribution >= 0.6 is 0 Å². The first-order valence-corrected chi connectivity index (χ1v) is 7.93. The van der Waals surface area contributed by atoms with Crippen molar-refractivity contribution < 1.29 is 5.11 Å². The summed E-state index contributed by atoms with van der Waals surface area (Å²) in [5.41, 5.74) is 5.83. The number of benzene rings is 1. The van der Waals surface area contributed by atoms with Gasteiger partial charge in [-0.05, 0) is 37.3 Å². The molecule has 1 atom stereocenters. The Morgan fingerprint density at radius 2 is 1.86 bits per heavy atom. The highest BCUT2D eigenvalue weighted by Crippen LogP contribution is 2.26. The van der Waals surface area contributed by atoms with Crippen LogP contribution in [0.25, 0.3) is 0 Å². The smallest absolute Gasteiger partial charge is 0.0823 e. The van der Waals surface area contributed by atoms with Gasteiger partial charge in [0.25, 0.3) is 0 Å². The fourth-order valence-corrected chi connectivity index (χ4v) is 2.87. The fraction of sp³-hybridized carbons (Fsp3) is 0.500. The van der Waals surface area contributed by atoms with E-state index in [4.69, 9.17) is 5.10 Å². The van der Waals surface area contributed by atoms with Crippen molar-refractivity contribution >= 4 is 0 Å². The molecule has 2 rings (SSSR count). The number of aliphatic hydroxyl groups is 1. The standard InChI is InChI=1S/C18H26N2O/c1-5-15-18(17(21)7-3)16(6-2)20(19-15)12-14-11-9-8-10-13(14)4/h8-11,17,21H,5-7,12H2,1-4H3. The maximum atomic E-state index is 10.3. The van der Waals surface area contributed by atoms with E-state index in [2.05, 4.69) is 49.7 Å². The molecule has 1 unspecified atom stereocenters. The van der Waals surface area contributed by atoms with Crippen LogP contribution in [0, 0.1) is 6.92 Å². The molecule has 0 aliphatic rings. The van der Waals surface area contributed by atoms with Gasteiger partial charge in [0.15, 0.2) is 0 Å². The number of aryl methyl sites for hydroxylation is 2. The van der Waals surface area contributed by atoms with Gasteiger partial charge < -0.3 is 5.11 Å². The molecule has 0 aliphatic carbocycles. The molecule has 114 valence electrons. The Labute approximate surface area is 127 Å². The van der Waals surface area contributed by atoms with E-state index in [0.717, 1.165) is 37.1 Å². The maximum Gasteiger partial charge on any atom is 0.0823 e. The summed E-state index contributed by atoms with van der Waals surface area (Å²) in [6.07, 6.45) is 2.09. The van der Waals surface area contributed by atoms with Gasteiger partial charge in [0.2, 0.25) is 0 Å². The molecule has 2 aromatic rings. The van der Waals surface area contributed by atoms with Crippen LogP contribution in [0.1, 0.15) is 61.4 Å². The van der Waals surface area contributed by atoms with E-state index in [-0.39, 0.29) is 0 Å². The van der Waals surface area contributed by atoms with Gasteiger partial charge in [-0.1, -0.05) is 45.0 Å². The number of rotatable bonds is 6. The second-order valence-electron chi connectivity index (χ2n) is 5.52. The maximum absolute atomic E-state index is 10.3. The minimum absolute atomic E-state index is 0.402. The molecule has 3 heteroatoms. The van der Waals surface area contributed by atoms with Gasteiger partial charge in [0.1, 0.15) is 0 Å². The highest BCUT2D eigenvalue weighted by Gasteiger charge is 2.21. The normalized spacial score (nSPS) is 12.6. The van der Waals surface area contributed by atoms with Crippen molar-refractivity contribution in [3.05, 3.63) is 52.3 Å². The predicted octanol–water partition coefficient (Wildman–Crippen LogP) is 3.81. The molecule has 0 amide bonds. The second kappa shape index (κ2) is 6.90. The van der Waals surface area contributed by atoms with Crippen molar-refractivity contribution in [2.24, 2.45) is 0 Å². The van der Waals surface area contributed by atoms with Gasteiger partial charge in [0, 0.05) is 11.3 Å². The van der Waals surface area contributed by atoms with Crippen molar-refractivity contribution in [1.82, 2.24) is 9.78 Å². The summed E-state index contributed by atoms with van der Waals surface area (Å²) in [6, 6.07) is 8.41. The molecule has 0 fully saturated rings. The monoisotopic (exact) mass is 286 g/mol. The van der Waals surface area contributed by atoms with Gasteiger partial charge >= 0.3 is 0 Å². The minimum atomic E-state index is -0.402. The van der Waals surface area contributed by atoms with E-state index in [1.54, 1.807) is 0 Å². The van der Waals surface area contributed by atoms with Crippen LogP contribution in [-0.2, 0) is 19.4 Å². The third-order valence-corrected chi connectivity index (χ3v) is 4.15. The summed E-state index contributed by atoms with van der Waals surface area (Å²) in [5, 5.41) is 15.1. The molecule has 0 radical (unpaired) electrons. The van der Waals surface area contributed by atoms with Crippen LogP contribution in [-0.4, -0.2) is 14.9 Å². The highest BCUT2D eigenvalue weighted by atomic mass is 16.3. The molecule has 1 aromatic carbocycles. The number of nitrogens with zero attached hydrogens (tertiary/aromatic N) is 2. The van der Waals surface area contributed by atoms with Crippen molar-refractivity contribution in [3.63, 3.8) is 0 Å². The number of hydrogen-bond acceptors (Lipinski definition) is 2. The average Bonchev–Trinajstić information content (AvgIpc) is 2.86. The van der Waals surface area contributed by atoms with Crippen molar-refractivity contribution in [3.8, 4) is 0 Å². The molecule has 0 spiro atoms. The van der Waals surface area contributed by atoms with E-state index < -0.39 is 6.10 Å². The van der Waals surface area contributed by atoms with Gasteiger partial charge in [0.05, 0.1) is 18.3 Å². The third kappa shape index (κ3) is 3.18. The summed E-state index contributed by atoms with van der Waals surface area (Å²) >= 11 is 0. The first-order valence-electron chi connectivity index (χ1n) is 7.93. The summed E-state index contributed by atoms with van der Waals surface area (Å²) in [7, 11) is 0. The zero-order chi connectivity index (χ0) is 15.4. The Balaban J connectivity index is 2.44. The fourth-order valence-electron chi connectivity index (χ4n) is 2.87. The minimum Gasteiger partial charge on any atom is -0.388 e. The lowest BCUT2D eigenvalue weighted by Crippen LogP contribution is -2.08. The lowest BCUT2D eigenvalue weighted by Gasteiger charge is -2.12. The van der Waals surface area contributed by atoms with Crippen molar-refractivity contribution in [2.75, 3.05) is 0 Å². The van der Waals surface area contributed by atoms with Crippen molar-refractivity contribution in [1.29, 1.82) is 0 Å². The highest BCUT2D eigenvalue weighted by molar-refractivity contribution is 5.31. The van der Waals surface area contributed by atoms with E-state index in [1.807, 2.05) is 6.92 Å². The molecule has 21 heavy (non-hydrogen) atoms. The number of aliphatic hydroxyl groups excluding tert-OH is 1. The first kappa shape index (κ1) is 15.8. The van der Waals surface area contributed by atoms with Gasteiger partial charge in [-0.2, -0.15) is 5.10 Å². The van der Waals surface area contributed by atoms with E-state index in [0.29, 0.717) is 0 Å². The molecule has 1 N–H and O–H groups in total. The molecule has 0 aliphatic heterocycles. The van der Waals surface area contributed by atoms with E-state index >= 15 is 0 Å². The van der Waals surface area contributed by atoms with Crippen LogP contribution in [0.15, 0.2) is 24.3 Å². The lowest BCUT2D eigenvalue weighted by atomic mass is 10.0. The zero-order valence-corrected chi connectivity index (χ0v) is 13.6. The third-order valence-electron chi connectivity index (χ3n) is 4.15. The SMILES string of the molecule is CCc1nn(Cc2ccccc2C)c(CC)c1C(O)CC. The second-order valence-corrected chi connectivity index (χ2v) is 5.52. The van der Waals surface area contributed by atoms with Gasteiger partial charge in [-0.25, -0.2) is 0 Å². The lowest BCUT2D eigenvalue weighted by molar-refractivity contribution is 0.171. The number of aromatic nitrogens is 2. The van der Waals surface area contributed by atoms with E-state index in [1.165, 1.54) is 16.8 Å². The predicted molar refractivity (Wildman–Crippen MR) is 86.5 cm³/mol. The average molecular weight is 286 g/mol. The van der Waals surface area contributed by atoms with Crippen LogP contribution in [0.4, 0.5) is 0 Å². The summed E-state index contributed by atoms with van der Waals surface area (Å²) in [6.45, 7) is 9.16. The Morgan fingerprint density at radius 3 is 2.43 bits per heavy atom. The van der Waals surface area contributed by atoms with Crippen LogP contribution in [0.2, 0.25) is 0 Å². The van der Waals surface area contributed by atoms with Gasteiger partial charge in [-0.3, -0.25) is 4.68 Å². The Bertz CT molecular complexity index is 601. The van der Waals surface area contributed by atoms with Crippen LogP contribution < -0.4 is 0 Å². The topological polar surface area (TPSA) is 38.0 Å². The van der Waals surface area contributed by atoms with Crippen LogP contribution in [0.3, 0.4) is 0 Å². The molecule has 3 nitrogen and oxygen atoms in total. The van der Waals surface area contributed by atoms with Crippen molar-refractivity contribution in [2.45, 2.75) is 59.6 Å². The first-order chi connectivity index (χ1) is 10.1. The summed E-state index contributed by atoms with van der Waals surface area (Å²) < 4.78 is 2.08. The molecular formula is C18H26N2O. The summed E-state index contributed by atoms with van der Waals surface area (Å²) in [5.74, 6) is 0. The molecule has 0 bridgehead atoms. The Morgan fingerprint density at radius 1 is 1.14 bits per heavy atom. The Kier molecular flexibility index (Phi) is 5.18.